The fourth-order valence-electron chi connectivity index (χ4n) is 2.38. The van der Waals surface area contributed by atoms with E-state index in [0.717, 1.165) is 5.39 Å². The Balaban J connectivity index is 1.72. The van der Waals surface area contributed by atoms with Crippen LogP contribution in [-0.2, 0) is 4.79 Å². The van der Waals surface area contributed by atoms with Crippen molar-refractivity contribution >= 4 is 29.1 Å². The standard InChI is InChI=1S/C19H16N2O6/c1-25-15-8-4-6-12-9-16(27-18(12)15)19(24)21-20-10-13-5-2-3-7-14(13)26-11-17(22)23/h2-10H,11H2,1H3,(H,21,24)(H,22,23)/b20-10+. The third-order valence-electron chi connectivity index (χ3n) is 3.59. The number of carbonyl (C=O) groups is 2. The highest BCUT2D eigenvalue weighted by Gasteiger charge is 2.14. The molecule has 0 fully saturated rings. The Labute approximate surface area is 154 Å². The molecule has 0 aliphatic rings. The van der Waals surface area contributed by atoms with Gasteiger partial charge in [0.25, 0.3) is 0 Å². The summed E-state index contributed by atoms with van der Waals surface area (Å²) in [5.74, 6) is -0.670. The second-order valence-electron chi connectivity index (χ2n) is 5.41. The molecule has 1 aromatic heterocycles. The fraction of sp³-hybridized carbons (Fsp3) is 0.105. The smallest absolute Gasteiger partial charge is 0.341 e. The molecule has 0 saturated carbocycles. The first-order chi connectivity index (χ1) is 13.1. The van der Waals surface area contributed by atoms with E-state index in [1.54, 1.807) is 48.5 Å². The van der Waals surface area contributed by atoms with Gasteiger partial charge >= 0.3 is 11.9 Å². The monoisotopic (exact) mass is 368 g/mol. The molecule has 0 unspecified atom stereocenters. The zero-order valence-electron chi connectivity index (χ0n) is 14.3. The molecule has 138 valence electrons. The lowest BCUT2D eigenvalue weighted by molar-refractivity contribution is -0.139. The second-order valence-corrected chi connectivity index (χ2v) is 5.41. The number of para-hydroxylation sites is 2. The van der Waals surface area contributed by atoms with Gasteiger partial charge in [0.1, 0.15) is 5.75 Å². The number of carboxylic acid groups (broad SMARTS) is 1. The minimum Gasteiger partial charge on any atom is -0.493 e. The highest BCUT2D eigenvalue weighted by atomic mass is 16.5. The lowest BCUT2D eigenvalue weighted by atomic mass is 10.2. The van der Waals surface area contributed by atoms with Gasteiger partial charge in [-0.25, -0.2) is 10.2 Å². The van der Waals surface area contributed by atoms with Crippen LogP contribution in [0.1, 0.15) is 16.1 Å². The van der Waals surface area contributed by atoms with Crippen LogP contribution in [0.3, 0.4) is 0 Å². The number of fused-ring (bicyclic) bond motifs is 1. The Bertz CT molecular complexity index is 1010. The molecule has 0 spiro atoms. The van der Waals surface area contributed by atoms with Crippen LogP contribution in [0.4, 0.5) is 0 Å². The summed E-state index contributed by atoms with van der Waals surface area (Å²) in [6.45, 7) is -0.474. The third-order valence-corrected chi connectivity index (χ3v) is 3.59. The average Bonchev–Trinajstić information content (AvgIpc) is 3.11. The molecular weight excluding hydrogens is 352 g/mol. The molecule has 0 bridgehead atoms. The predicted molar refractivity (Wildman–Crippen MR) is 97.4 cm³/mol. The maximum absolute atomic E-state index is 12.2. The van der Waals surface area contributed by atoms with Crippen molar-refractivity contribution < 1.29 is 28.6 Å². The van der Waals surface area contributed by atoms with Crippen LogP contribution in [0.15, 0.2) is 58.0 Å². The van der Waals surface area contributed by atoms with Crippen LogP contribution < -0.4 is 14.9 Å². The summed E-state index contributed by atoms with van der Waals surface area (Å²) in [5, 5.41) is 13.3. The van der Waals surface area contributed by atoms with E-state index in [0.29, 0.717) is 22.6 Å². The van der Waals surface area contributed by atoms with Crippen LogP contribution in [-0.4, -0.2) is 36.9 Å². The summed E-state index contributed by atoms with van der Waals surface area (Å²) in [5.41, 5.74) is 3.35. The molecule has 27 heavy (non-hydrogen) atoms. The summed E-state index contributed by atoms with van der Waals surface area (Å²) >= 11 is 0. The number of benzene rings is 2. The molecule has 0 saturated heterocycles. The van der Waals surface area contributed by atoms with Crippen molar-refractivity contribution in [3.8, 4) is 11.5 Å². The molecule has 2 N–H and O–H groups in total. The van der Waals surface area contributed by atoms with E-state index in [-0.39, 0.29) is 5.76 Å². The first-order valence-corrected chi connectivity index (χ1v) is 7.92. The molecule has 8 nitrogen and oxygen atoms in total. The van der Waals surface area contributed by atoms with Gasteiger partial charge in [0, 0.05) is 10.9 Å². The third kappa shape index (κ3) is 4.24. The van der Waals surface area contributed by atoms with Gasteiger partial charge in [0.15, 0.2) is 23.7 Å². The fourth-order valence-corrected chi connectivity index (χ4v) is 2.38. The number of ether oxygens (including phenoxy) is 2. The first kappa shape index (κ1) is 18.0. The van der Waals surface area contributed by atoms with Crippen LogP contribution >= 0.6 is 0 Å². The summed E-state index contributed by atoms with van der Waals surface area (Å²) < 4.78 is 15.9. The van der Waals surface area contributed by atoms with Crippen LogP contribution in [0.25, 0.3) is 11.0 Å². The highest BCUT2D eigenvalue weighted by Crippen LogP contribution is 2.28. The maximum Gasteiger partial charge on any atom is 0.341 e. The van der Waals surface area contributed by atoms with E-state index in [1.165, 1.54) is 13.3 Å². The van der Waals surface area contributed by atoms with Gasteiger partial charge in [0.05, 0.1) is 13.3 Å². The summed E-state index contributed by atoms with van der Waals surface area (Å²) in [7, 11) is 1.52. The molecule has 0 aliphatic heterocycles. The normalized spacial score (nSPS) is 10.9. The van der Waals surface area contributed by atoms with Crippen molar-refractivity contribution in [3.05, 3.63) is 59.9 Å². The number of hydrogen-bond donors (Lipinski definition) is 2. The number of hydrogen-bond acceptors (Lipinski definition) is 6. The zero-order chi connectivity index (χ0) is 19.2. The molecule has 8 heteroatoms. The van der Waals surface area contributed by atoms with Gasteiger partial charge in [0.2, 0.25) is 0 Å². The molecule has 3 rings (SSSR count). The van der Waals surface area contributed by atoms with Gasteiger partial charge < -0.3 is 19.0 Å². The Hall–Kier alpha value is -3.81. The quantitative estimate of drug-likeness (QED) is 0.490. The van der Waals surface area contributed by atoms with Crippen molar-refractivity contribution in [2.24, 2.45) is 5.10 Å². The Morgan fingerprint density at radius 1 is 1.19 bits per heavy atom. The molecule has 1 amide bonds. The number of furan rings is 1. The Kier molecular flexibility index (Phi) is 5.36. The van der Waals surface area contributed by atoms with Gasteiger partial charge in [-0.3, -0.25) is 4.79 Å². The number of amides is 1. The highest BCUT2D eigenvalue weighted by molar-refractivity contribution is 5.97. The van der Waals surface area contributed by atoms with Crippen molar-refractivity contribution in [1.29, 1.82) is 0 Å². The van der Waals surface area contributed by atoms with Gasteiger partial charge in [-0.15, -0.1) is 0 Å². The molecule has 0 atom stereocenters. The lowest BCUT2D eigenvalue weighted by Crippen LogP contribution is -2.17. The Morgan fingerprint density at radius 3 is 2.74 bits per heavy atom. The minimum absolute atomic E-state index is 0.0852. The van der Waals surface area contributed by atoms with Crippen molar-refractivity contribution in [2.75, 3.05) is 13.7 Å². The Morgan fingerprint density at radius 2 is 1.96 bits per heavy atom. The molecule has 2 aromatic carbocycles. The summed E-state index contributed by atoms with van der Waals surface area (Å²) in [6.07, 6.45) is 1.36. The summed E-state index contributed by atoms with van der Waals surface area (Å²) in [6, 6.07) is 13.7. The number of hydrazone groups is 1. The lowest BCUT2D eigenvalue weighted by Gasteiger charge is -2.06. The van der Waals surface area contributed by atoms with Crippen molar-refractivity contribution in [3.63, 3.8) is 0 Å². The van der Waals surface area contributed by atoms with E-state index in [2.05, 4.69) is 10.5 Å². The molecule has 0 aliphatic carbocycles. The number of aliphatic carboxylic acids is 1. The predicted octanol–water partition coefficient (Wildman–Crippen LogP) is 2.67. The molecule has 0 radical (unpaired) electrons. The second kappa shape index (κ2) is 8.05. The number of nitrogens with one attached hydrogen (secondary N) is 1. The van der Waals surface area contributed by atoms with E-state index in [9.17, 15) is 9.59 Å². The van der Waals surface area contributed by atoms with E-state index in [1.807, 2.05) is 0 Å². The van der Waals surface area contributed by atoms with Crippen LogP contribution in [0.5, 0.6) is 11.5 Å². The van der Waals surface area contributed by atoms with E-state index < -0.39 is 18.5 Å². The largest absolute Gasteiger partial charge is 0.493 e. The number of methoxy groups -OCH3 is 1. The van der Waals surface area contributed by atoms with Crippen LogP contribution in [0.2, 0.25) is 0 Å². The van der Waals surface area contributed by atoms with Crippen molar-refractivity contribution in [2.45, 2.75) is 0 Å². The number of carboxylic acids is 1. The first-order valence-electron chi connectivity index (χ1n) is 7.92. The maximum atomic E-state index is 12.2. The zero-order valence-corrected chi connectivity index (χ0v) is 14.3. The van der Waals surface area contributed by atoms with Crippen LogP contribution in [0, 0.1) is 0 Å². The molecule has 3 aromatic rings. The SMILES string of the molecule is COc1cccc2cc(C(=O)N/N=C/c3ccccc3OCC(=O)O)oc12. The van der Waals surface area contributed by atoms with Gasteiger partial charge in [-0.1, -0.05) is 24.3 Å². The molecular formula is C19H16N2O6. The minimum atomic E-state index is -1.09. The number of carbonyl (C=O) groups excluding carboxylic acids is 1. The van der Waals surface area contributed by atoms with Gasteiger partial charge in [-0.2, -0.15) is 5.10 Å². The average molecular weight is 368 g/mol. The van der Waals surface area contributed by atoms with E-state index >= 15 is 0 Å². The summed E-state index contributed by atoms with van der Waals surface area (Å²) in [4.78, 5) is 22.9. The van der Waals surface area contributed by atoms with E-state index in [4.69, 9.17) is 19.0 Å². The van der Waals surface area contributed by atoms with Crippen molar-refractivity contribution in [1.82, 2.24) is 5.43 Å². The topological polar surface area (TPSA) is 110 Å². The van der Waals surface area contributed by atoms with Gasteiger partial charge in [-0.05, 0) is 24.3 Å². The number of rotatable bonds is 7. The number of nitrogens with zero attached hydrogens (tertiary/aromatic N) is 1. The molecule has 1 heterocycles.